The molecular weight excluding hydrogens is 344 g/mol. The second-order valence-electron chi connectivity index (χ2n) is 5.03. The number of aromatic nitrogens is 1. The van der Waals surface area contributed by atoms with E-state index in [1.54, 1.807) is 42.7 Å². The molecule has 1 amide bonds. The van der Waals surface area contributed by atoms with Crippen LogP contribution in [0.2, 0.25) is 0 Å². The predicted molar refractivity (Wildman–Crippen MR) is 97.7 cm³/mol. The van der Waals surface area contributed by atoms with Crippen molar-refractivity contribution >= 4 is 51.9 Å². The Labute approximate surface area is 148 Å². The zero-order chi connectivity index (χ0) is 17.1. The Morgan fingerprint density at radius 2 is 1.88 bits per heavy atom. The van der Waals surface area contributed by atoms with Crippen molar-refractivity contribution in [1.82, 2.24) is 4.98 Å². The summed E-state index contributed by atoms with van der Waals surface area (Å²) in [5.74, 6) is -1.08. The first-order valence-electron chi connectivity index (χ1n) is 7.03. The molecule has 1 N–H and O–H groups in total. The molecule has 0 aliphatic carbocycles. The van der Waals surface area contributed by atoms with Crippen LogP contribution in [0.1, 0.15) is 11.1 Å². The summed E-state index contributed by atoms with van der Waals surface area (Å²) in [4.78, 5) is 29.3. The average molecular weight is 356 g/mol. The van der Waals surface area contributed by atoms with Gasteiger partial charge in [-0.3, -0.25) is 19.5 Å². The van der Waals surface area contributed by atoms with Crippen LogP contribution in [0, 0.1) is 0 Å². The van der Waals surface area contributed by atoms with E-state index in [0.717, 1.165) is 5.56 Å². The Balaban J connectivity index is 1.84. The van der Waals surface area contributed by atoms with Crippen molar-refractivity contribution in [3.8, 4) is 0 Å². The normalized spacial score (nSPS) is 16.0. The summed E-state index contributed by atoms with van der Waals surface area (Å²) in [5.41, 5.74) is 2.18. The summed E-state index contributed by atoms with van der Waals surface area (Å²) in [6.45, 7) is 0. The number of nitrogens with zero attached hydrogens (tertiary/aromatic N) is 2. The molecule has 0 spiro atoms. The number of thiocarbonyl (C=S) groups is 1. The molecule has 3 rings (SSSR count). The lowest BCUT2D eigenvalue weighted by atomic mass is 10.1. The first kappa shape index (κ1) is 16.4. The molecule has 1 aromatic heterocycles. The molecule has 1 saturated heterocycles. The minimum atomic E-state index is -0.895. The molecule has 0 unspecified atom stereocenters. The lowest BCUT2D eigenvalue weighted by Crippen LogP contribution is -2.27. The molecule has 2 heterocycles. The fraction of sp³-hybridized carbons (Fsp3) is 0.0588. The number of amides is 1. The highest BCUT2D eigenvalue weighted by molar-refractivity contribution is 8.27. The molecule has 1 aromatic carbocycles. The molecular formula is C17H12N2O3S2. The molecule has 120 valence electrons. The molecule has 2 aromatic rings. The van der Waals surface area contributed by atoms with Crippen LogP contribution in [0.3, 0.4) is 0 Å². The van der Waals surface area contributed by atoms with E-state index in [9.17, 15) is 9.59 Å². The van der Waals surface area contributed by atoms with Crippen LogP contribution in [0.5, 0.6) is 0 Å². The molecule has 1 aliphatic heterocycles. The van der Waals surface area contributed by atoms with Crippen molar-refractivity contribution in [2.24, 2.45) is 0 Å². The van der Waals surface area contributed by atoms with Gasteiger partial charge in [0.25, 0.3) is 5.91 Å². The number of thioether (sulfide) groups is 1. The number of rotatable bonds is 4. The number of carboxylic acid groups (broad SMARTS) is 1. The van der Waals surface area contributed by atoms with Gasteiger partial charge in [-0.2, -0.15) is 0 Å². The lowest BCUT2D eigenvalue weighted by Gasteiger charge is -2.14. The van der Waals surface area contributed by atoms with Crippen LogP contribution in [0.4, 0.5) is 5.69 Å². The highest BCUT2D eigenvalue weighted by Crippen LogP contribution is 2.36. The standard InChI is InChI=1S/C17H12N2O3S2/c20-15(21)10-11-1-3-13(4-2-11)19-16(22)14(24-17(19)23)9-12-5-7-18-8-6-12/h1-9H,10H2,(H,20,21)/b14-9-. The minimum Gasteiger partial charge on any atom is -0.481 e. The maximum atomic E-state index is 12.6. The second kappa shape index (κ2) is 6.94. The SMILES string of the molecule is O=C(O)Cc1ccc(N2C(=O)/C(=C/c3ccncc3)SC2=S)cc1. The summed E-state index contributed by atoms with van der Waals surface area (Å²) in [5, 5.41) is 8.81. The highest BCUT2D eigenvalue weighted by atomic mass is 32.2. The highest BCUT2D eigenvalue weighted by Gasteiger charge is 2.33. The number of benzene rings is 1. The molecule has 0 radical (unpaired) electrons. The molecule has 5 nitrogen and oxygen atoms in total. The third-order valence-electron chi connectivity index (χ3n) is 3.35. The van der Waals surface area contributed by atoms with E-state index in [2.05, 4.69) is 4.98 Å². The fourth-order valence-corrected chi connectivity index (χ4v) is 3.54. The molecule has 24 heavy (non-hydrogen) atoms. The second-order valence-corrected chi connectivity index (χ2v) is 6.71. The molecule has 1 aliphatic rings. The van der Waals surface area contributed by atoms with Gasteiger partial charge in [0.2, 0.25) is 0 Å². The van der Waals surface area contributed by atoms with E-state index in [1.807, 2.05) is 12.1 Å². The largest absolute Gasteiger partial charge is 0.481 e. The van der Waals surface area contributed by atoms with Gasteiger partial charge in [0, 0.05) is 12.4 Å². The van der Waals surface area contributed by atoms with Crippen LogP contribution >= 0.6 is 24.0 Å². The maximum absolute atomic E-state index is 12.6. The van der Waals surface area contributed by atoms with Gasteiger partial charge in [0.1, 0.15) is 0 Å². The third-order valence-corrected chi connectivity index (χ3v) is 4.65. The Morgan fingerprint density at radius 3 is 2.50 bits per heavy atom. The van der Waals surface area contributed by atoms with Gasteiger partial charge in [-0.15, -0.1) is 0 Å². The first-order chi connectivity index (χ1) is 11.5. The van der Waals surface area contributed by atoms with Crippen LogP contribution in [-0.2, 0) is 16.0 Å². The summed E-state index contributed by atoms with van der Waals surface area (Å²) >= 11 is 6.56. The van der Waals surface area contributed by atoms with E-state index in [4.69, 9.17) is 17.3 Å². The number of carbonyl (C=O) groups is 2. The number of carbonyl (C=O) groups excluding carboxylic acids is 1. The summed E-state index contributed by atoms with van der Waals surface area (Å²) < 4.78 is 0.450. The summed E-state index contributed by atoms with van der Waals surface area (Å²) in [7, 11) is 0. The van der Waals surface area contributed by atoms with Gasteiger partial charge in [0.15, 0.2) is 4.32 Å². The quantitative estimate of drug-likeness (QED) is 0.670. The number of hydrogen-bond acceptors (Lipinski definition) is 5. The predicted octanol–water partition coefficient (Wildman–Crippen LogP) is 3.11. The third kappa shape index (κ3) is 3.52. The van der Waals surface area contributed by atoms with Crippen LogP contribution in [0.25, 0.3) is 6.08 Å². The number of carboxylic acids is 1. The monoisotopic (exact) mass is 356 g/mol. The Morgan fingerprint density at radius 1 is 1.21 bits per heavy atom. The summed E-state index contributed by atoms with van der Waals surface area (Å²) in [6.07, 6.45) is 5.04. The van der Waals surface area contributed by atoms with E-state index in [1.165, 1.54) is 16.7 Å². The van der Waals surface area contributed by atoms with Crippen molar-refractivity contribution in [1.29, 1.82) is 0 Å². The van der Waals surface area contributed by atoms with Crippen molar-refractivity contribution in [3.05, 3.63) is 64.8 Å². The number of hydrogen-bond donors (Lipinski definition) is 1. The summed E-state index contributed by atoms with van der Waals surface area (Å²) in [6, 6.07) is 10.4. The number of pyridine rings is 1. The molecule has 7 heteroatoms. The smallest absolute Gasteiger partial charge is 0.307 e. The number of anilines is 1. The zero-order valence-corrected chi connectivity index (χ0v) is 14.0. The van der Waals surface area contributed by atoms with Crippen molar-refractivity contribution in [3.63, 3.8) is 0 Å². The van der Waals surface area contributed by atoms with E-state index < -0.39 is 5.97 Å². The molecule has 0 saturated carbocycles. The van der Waals surface area contributed by atoms with E-state index >= 15 is 0 Å². The van der Waals surface area contributed by atoms with Crippen molar-refractivity contribution < 1.29 is 14.7 Å². The molecule has 0 atom stereocenters. The Kier molecular flexibility index (Phi) is 4.73. The Hall–Kier alpha value is -2.51. The van der Waals surface area contributed by atoms with Crippen molar-refractivity contribution in [2.75, 3.05) is 4.90 Å². The zero-order valence-electron chi connectivity index (χ0n) is 12.4. The average Bonchev–Trinajstić information content (AvgIpc) is 2.83. The molecule has 0 bridgehead atoms. The fourth-order valence-electron chi connectivity index (χ4n) is 2.24. The van der Waals surface area contributed by atoms with Gasteiger partial charge in [-0.05, 0) is 41.5 Å². The minimum absolute atomic E-state index is 0.0549. The van der Waals surface area contributed by atoms with E-state index in [-0.39, 0.29) is 12.3 Å². The Bertz CT molecular complexity index is 833. The van der Waals surface area contributed by atoms with Crippen LogP contribution in [-0.4, -0.2) is 26.3 Å². The van der Waals surface area contributed by atoms with Gasteiger partial charge >= 0.3 is 5.97 Å². The van der Waals surface area contributed by atoms with Crippen LogP contribution in [0.15, 0.2) is 53.7 Å². The lowest BCUT2D eigenvalue weighted by molar-refractivity contribution is -0.136. The van der Waals surface area contributed by atoms with Gasteiger partial charge in [-0.1, -0.05) is 36.1 Å². The van der Waals surface area contributed by atoms with Crippen LogP contribution < -0.4 is 4.90 Å². The van der Waals surface area contributed by atoms with Gasteiger partial charge < -0.3 is 5.11 Å². The first-order valence-corrected chi connectivity index (χ1v) is 8.26. The topological polar surface area (TPSA) is 70.5 Å². The number of aliphatic carboxylic acids is 1. The van der Waals surface area contributed by atoms with Gasteiger partial charge in [0.05, 0.1) is 17.0 Å². The maximum Gasteiger partial charge on any atom is 0.307 e. The molecule has 1 fully saturated rings. The van der Waals surface area contributed by atoms with Gasteiger partial charge in [-0.25, -0.2) is 0 Å². The van der Waals surface area contributed by atoms with E-state index in [0.29, 0.717) is 20.5 Å². The van der Waals surface area contributed by atoms with Crippen molar-refractivity contribution in [2.45, 2.75) is 6.42 Å².